The summed E-state index contributed by atoms with van der Waals surface area (Å²) >= 11 is 0. The average Bonchev–Trinajstić information content (AvgIpc) is 3.05. The van der Waals surface area contributed by atoms with Gasteiger partial charge in [0.15, 0.2) is 0 Å². The zero-order valence-electron chi connectivity index (χ0n) is 18.2. The topological polar surface area (TPSA) is 67.9 Å². The molecular weight excluding hydrogens is 404 g/mol. The molecule has 0 radical (unpaired) electrons. The third-order valence-corrected chi connectivity index (χ3v) is 5.25. The van der Waals surface area contributed by atoms with Gasteiger partial charge < -0.3 is 14.8 Å². The molecule has 1 heterocycles. The number of methoxy groups -OCH3 is 1. The molecule has 0 unspecified atom stereocenters. The number of rotatable bonds is 7. The highest BCUT2D eigenvalue weighted by atomic mass is 16.5. The Labute approximate surface area is 187 Å². The van der Waals surface area contributed by atoms with E-state index >= 15 is 0 Å². The summed E-state index contributed by atoms with van der Waals surface area (Å²) in [6.07, 6.45) is 0. The molecule has 4 rings (SSSR count). The highest BCUT2D eigenvalue weighted by Gasteiger charge is 2.40. The number of carbonyl (C=O) groups excluding carboxylic acids is 2. The van der Waals surface area contributed by atoms with Gasteiger partial charge in [-0.2, -0.15) is 0 Å². The Morgan fingerprint density at radius 2 is 1.62 bits per heavy atom. The van der Waals surface area contributed by atoms with Crippen LogP contribution in [0.1, 0.15) is 18.1 Å². The minimum Gasteiger partial charge on any atom is -0.497 e. The Bertz CT molecular complexity index is 1200. The third kappa shape index (κ3) is 3.95. The summed E-state index contributed by atoms with van der Waals surface area (Å²) in [6, 6.07) is 21.7. The first-order valence-corrected chi connectivity index (χ1v) is 10.4. The van der Waals surface area contributed by atoms with E-state index in [0.717, 1.165) is 11.3 Å². The smallest absolute Gasteiger partial charge is 0.282 e. The number of carbonyl (C=O) groups is 2. The van der Waals surface area contributed by atoms with Gasteiger partial charge in [0, 0.05) is 11.8 Å². The molecule has 2 amide bonds. The van der Waals surface area contributed by atoms with E-state index in [9.17, 15) is 9.59 Å². The molecule has 0 saturated heterocycles. The molecule has 0 spiro atoms. The van der Waals surface area contributed by atoms with Gasteiger partial charge in [0.05, 0.1) is 25.0 Å². The summed E-state index contributed by atoms with van der Waals surface area (Å²) in [5.41, 5.74) is 3.35. The molecule has 162 valence electrons. The number of amides is 2. The molecule has 6 heteroatoms. The van der Waals surface area contributed by atoms with Gasteiger partial charge in [0.25, 0.3) is 11.8 Å². The molecule has 1 aliphatic rings. The Morgan fingerprint density at radius 1 is 0.875 bits per heavy atom. The highest BCUT2D eigenvalue weighted by molar-refractivity contribution is 6.46. The van der Waals surface area contributed by atoms with E-state index in [4.69, 9.17) is 9.47 Å². The number of nitrogens with one attached hydrogen (secondary N) is 1. The van der Waals surface area contributed by atoms with Crippen molar-refractivity contribution in [1.29, 1.82) is 0 Å². The lowest BCUT2D eigenvalue weighted by Gasteiger charge is -2.16. The lowest BCUT2D eigenvalue weighted by atomic mass is 10.0. The van der Waals surface area contributed by atoms with Crippen molar-refractivity contribution < 1.29 is 19.1 Å². The Morgan fingerprint density at radius 3 is 2.31 bits per heavy atom. The van der Waals surface area contributed by atoms with Gasteiger partial charge in [-0.25, -0.2) is 4.90 Å². The second-order valence-electron chi connectivity index (χ2n) is 7.29. The van der Waals surface area contributed by atoms with Crippen LogP contribution in [0.2, 0.25) is 0 Å². The van der Waals surface area contributed by atoms with Gasteiger partial charge in [0.2, 0.25) is 0 Å². The molecule has 3 aromatic carbocycles. The maximum absolute atomic E-state index is 13.5. The van der Waals surface area contributed by atoms with Crippen LogP contribution >= 0.6 is 0 Å². The number of imide groups is 1. The summed E-state index contributed by atoms with van der Waals surface area (Å²) in [4.78, 5) is 28.2. The van der Waals surface area contributed by atoms with Crippen molar-refractivity contribution in [2.75, 3.05) is 23.9 Å². The second-order valence-corrected chi connectivity index (χ2v) is 7.29. The largest absolute Gasteiger partial charge is 0.497 e. The van der Waals surface area contributed by atoms with Crippen molar-refractivity contribution in [3.63, 3.8) is 0 Å². The van der Waals surface area contributed by atoms with Crippen molar-refractivity contribution in [3.05, 3.63) is 89.6 Å². The molecule has 0 bridgehead atoms. The number of hydrogen-bond acceptors (Lipinski definition) is 5. The molecule has 0 saturated carbocycles. The number of nitrogens with zero attached hydrogens (tertiary/aromatic N) is 1. The maximum atomic E-state index is 13.5. The van der Waals surface area contributed by atoms with Gasteiger partial charge in [-0.1, -0.05) is 36.4 Å². The average molecular weight is 428 g/mol. The predicted molar refractivity (Wildman–Crippen MR) is 125 cm³/mol. The first-order chi connectivity index (χ1) is 15.5. The van der Waals surface area contributed by atoms with Gasteiger partial charge in [-0.05, 0) is 55.3 Å². The summed E-state index contributed by atoms with van der Waals surface area (Å²) in [6.45, 7) is 4.40. The number of hydrogen-bond donors (Lipinski definition) is 1. The van der Waals surface area contributed by atoms with Crippen LogP contribution in [0, 0.1) is 6.92 Å². The molecule has 0 aliphatic carbocycles. The number of ether oxygens (including phenoxy) is 2. The SMILES string of the molecule is CCOc1ccc(C2=C(Nc3ccccc3C)C(=O)N(c3cccc(OC)c3)C2=O)cc1. The van der Waals surface area contributed by atoms with Crippen LogP contribution in [0.15, 0.2) is 78.5 Å². The second kappa shape index (κ2) is 8.98. The predicted octanol–water partition coefficient (Wildman–Crippen LogP) is 4.80. The van der Waals surface area contributed by atoms with Crippen molar-refractivity contribution in [2.24, 2.45) is 0 Å². The number of aryl methyl sites for hydroxylation is 1. The minimum atomic E-state index is -0.421. The quantitative estimate of drug-likeness (QED) is 0.548. The van der Waals surface area contributed by atoms with Crippen molar-refractivity contribution in [2.45, 2.75) is 13.8 Å². The van der Waals surface area contributed by atoms with E-state index in [0.29, 0.717) is 34.9 Å². The lowest BCUT2D eigenvalue weighted by molar-refractivity contribution is -0.120. The van der Waals surface area contributed by atoms with Gasteiger partial charge in [-0.3, -0.25) is 9.59 Å². The van der Waals surface area contributed by atoms with E-state index in [2.05, 4.69) is 5.32 Å². The van der Waals surface area contributed by atoms with Crippen molar-refractivity contribution in [1.82, 2.24) is 0 Å². The maximum Gasteiger partial charge on any atom is 0.282 e. The fourth-order valence-corrected chi connectivity index (χ4v) is 3.63. The first-order valence-electron chi connectivity index (χ1n) is 10.4. The fourth-order valence-electron chi connectivity index (χ4n) is 3.63. The Hall–Kier alpha value is -4.06. The van der Waals surface area contributed by atoms with E-state index in [1.807, 2.05) is 38.1 Å². The van der Waals surface area contributed by atoms with E-state index in [1.165, 1.54) is 4.90 Å². The number of para-hydroxylation sites is 1. The van der Waals surface area contributed by atoms with Crippen LogP contribution < -0.4 is 19.7 Å². The Balaban J connectivity index is 1.81. The summed E-state index contributed by atoms with van der Waals surface area (Å²) in [5, 5.41) is 3.21. The molecule has 0 fully saturated rings. The molecule has 32 heavy (non-hydrogen) atoms. The summed E-state index contributed by atoms with van der Waals surface area (Å²) in [5.74, 6) is 0.441. The summed E-state index contributed by atoms with van der Waals surface area (Å²) < 4.78 is 10.8. The number of anilines is 2. The monoisotopic (exact) mass is 428 g/mol. The first kappa shape index (κ1) is 21.2. The van der Waals surface area contributed by atoms with Crippen LogP contribution in [0.3, 0.4) is 0 Å². The van der Waals surface area contributed by atoms with E-state index in [-0.39, 0.29) is 5.70 Å². The molecule has 0 aromatic heterocycles. The van der Waals surface area contributed by atoms with Gasteiger partial charge in [-0.15, -0.1) is 0 Å². The number of benzene rings is 3. The van der Waals surface area contributed by atoms with Crippen LogP contribution in [-0.4, -0.2) is 25.5 Å². The molecule has 1 aliphatic heterocycles. The molecule has 0 atom stereocenters. The van der Waals surface area contributed by atoms with Gasteiger partial charge in [0.1, 0.15) is 17.2 Å². The van der Waals surface area contributed by atoms with Crippen LogP contribution in [-0.2, 0) is 9.59 Å². The van der Waals surface area contributed by atoms with Crippen LogP contribution in [0.25, 0.3) is 5.57 Å². The summed E-state index contributed by atoms with van der Waals surface area (Å²) in [7, 11) is 1.54. The van der Waals surface area contributed by atoms with Crippen LogP contribution in [0.4, 0.5) is 11.4 Å². The molecule has 1 N–H and O–H groups in total. The van der Waals surface area contributed by atoms with E-state index < -0.39 is 11.8 Å². The third-order valence-electron chi connectivity index (χ3n) is 5.25. The molecule has 3 aromatic rings. The minimum absolute atomic E-state index is 0.233. The zero-order valence-corrected chi connectivity index (χ0v) is 18.2. The standard InChI is InChI=1S/C26H24N2O4/c1-4-32-20-14-12-18(13-15-20)23-24(27-22-11-6-5-8-17(22)2)26(30)28(25(23)29)19-9-7-10-21(16-19)31-3/h5-16,27H,4H2,1-3H3. The van der Waals surface area contributed by atoms with Crippen molar-refractivity contribution in [3.8, 4) is 11.5 Å². The Kier molecular flexibility index (Phi) is 5.94. The normalized spacial score (nSPS) is 13.5. The van der Waals surface area contributed by atoms with E-state index in [1.54, 1.807) is 55.6 Å². The molecule has 6 nitrogen and oxygen atoms in total. The van der Waals surface area contributed by atoms with Gasteiger partial charge >= 0.3 is 0 Å². The lowest BCUT2D eigenvalue weighted by Crippen LogP contribution is -2.32. The zero-order chi connectivity index (χ0) is 22.7. The molecular formula is C26H24N2O4. The highest BCUT2D eigenvalue weighted by Crippen LogP contribution is 2.35. The van der Waals surface area contributed by atoms with Crippen molar-refractivity contribution >= 4 is 28.8 Å². The van der Waals surface area contributed by atoms with Crippen LogP contribution in [0.5, 0.6) is 11.5 Å². The fraction of sp³-hybridized carbons (Fsp3) is 0.154.